The summed E-state index contributed by atoms with van der Waals surface area (Å²) in [6.45, 7) is 5.34. The Bertz CT molecular complexity index is 1560. The van der Waals surface area contributed by atoms with Gasteiger partial charge in [0.15, 0.2) is 11.6 Å². The molecule has 0 bridgehead atoms. The number of hydrogen-bond donors (Lipinski definition) is 3. The van der Waals surface area contributed by atoms with Crippen molar-refractivity contribution in [3.05, 3.63) is 107 Å². The molecule has 42 heavy (non-hydrogen) atoms. The first kappa shape index (κ1) is 27.5. The summed E-state index contributed by atoms with van der Waals surface area (Å²) in [6.07, 6.45) is 2.61. The minimum atomic E-state index is -0.828. The van der Waals surface area contributed by atoms with E-state index in [-0.39, 0.29) is 24.1 Å². The van der Waals surface area contributed by atoms with Gasteiger partial charge in [0.25, 0.3) is 11.8 Å². The summed E-state index contributed by atoms with van der Waals surface area (Å²) in [5, 5.41) is 16.3. The molecule has 3 N–H and O–H groups in total. The first-order valence-electron chi connectivity index (χ1n) is 14.4. The number of amides is 2. The Hall–Kier alpha value is -4.63. The molecule has 2 heterocycles. The number of aliphatic hydroxyl groups is 1. The lowest BCUT2D eigenvalue weighted by Gasteiger charge is -2.38. The number of rotatable bonds is 9. The summed E-state index contributed by atoms with van der Waals surface area (Å²) in [5.41, 5.74) is 5.15. The number of benzene rings is 3. The number of piperazine rings is 1. The largest absolute Gasteiger partial charge is 0.448 e. The summed E-state index contributed by atoms with van der Waals surface area (Å²) < 4.78 is 5.53. The van der Waals surface area contributed by atoms with Crippen LogP contribution in [-0.2, 0) is 0 Å². The Kier molecular flexibility index (Phi) is 7.92. The van der Waals surface area contributed by atoms with Gasteiger partial charge in [-0.2, -0.15) is 0 Å². The second-order valence-corrected chi connectivity index (χ2v) is 10.9. The van der Waals surface area contributed by atoms with E-state index in [2.05, 4.69) is 50.5 Å². The van der Waals surface area contributed by atoms with Gasteiger partial charge in [-0.15, -0.1) is 0 Å². The minimum Gasteiger partial charge on any atom is -0.448 e. The number of carbonyl (C=O) groups is 2. The molecular formula is C33H35N5O4. The van der Waals surface area contributed by atoms with Crippen molar-refractivity contribution in [3.63, 3.8) is 0 Å². The maximum absolute atomic E-state index is 13.2. The van der Waals surface area contributed by atoms with Gasteiger partial charge in [-0.25, -0.2) is 4.98 Å². The molecule has 4 aromatic rings. The average molecular weight is 566 g/mol. The first-order valence-corrected chi connectivity index (χ1v) is 14.4. The maximum Gasteiger partial charge on any atom is 0.277 e. The lowest BCUT2D eigenvalue weighted by Crippen LogP contribution is -2.47. The standard InChI is InChI=1S/C33H35N5O4/c1-22-7-5-6-10-28(22)37-15-17-38(18-16-37)29-14-13-25(31(40)34-20-30(39)23-8-3-2-4-9-23)19-26(29)35-32(41)27-21-42-33(36-27)24-11-12-24/h2-10,13-14,19,21,24,30,39H,11-12,15-18,20H2,1H3,(H,34,40)(H,35,41)/t30-/m0/s1. The molecule has 216 valence electrons. The first-order chi connectivity index (χ1) is 20.5. The number of aliphatic hydroxyl groups excluding tert-OH is 1. The Morgan fingerprint density at radius 2 is 1.62 bits per heavy atom. The fourth-order valence-electron chi connectivity index (χ4n) is 5.34. The van der Waals surface area contributed by atoms with E-state index in [4.69, 9.17) is 4.42 Å². The zero-order valence-corrected chi connectivity index (χ0v) is 23.6. The van der Waals surface area contributed by atoms with Gasteiger partial charge in [0.05, 0.1) is 17.5 Å². The van der Waals surface area contributed by atoms with Gasteiger partial charge in [0, 0.05) is 49.9 Å². The van der Waals surface area contributed by atoms with Crippen molar-refractivity contribution >= 4 is 28.9 Å². The SMILES string of the molecule is Cc1ccccc1N1CCN(c2ccc(C(=O)NC[C@H](O)c3ccccc3)cc2NC(=O)c2coc(C3CC3)n2)CC1. The van der Waals surface area contributed by atoms with Crippen LogP contribution in [0.3, 0.4) is 0 Å². The predicted octanol–water partition coefficient (Wildman–Crippen LogP) is 4.90. The van der Waals surface area contributed by atoms with Gasteiger partial charge in [-0.1, -0.05) is 48.5 Å². The van der Waals surface area contributed by atoms with Gasteiger partial charge in [0.2, 0.25) is 0 Å². The van der Waals surface area contributed by atoms with Crippen molar-refractivity contribution in [2.45, 2.75) is 31.8 Å². The predicted molar refractivity (Wildman–Crippen MR) is 162 cm³/mol. The molecule has 1 saturated heterocycles. The second kappa shape index (κ2) is 12.1. The van der Waals surface area contributed by atoms with Gasteiger partial charge in [-0.05, 0) is 55.2 Å². The van der Waals surface area contributed by atoms with E-state index < -0.39 is 6.10 Å². The minimum absolute atomic E-state index is 0.0655. The van der Waals surface area contributed by atoms with Crippen LogP contribution in [0.1, 0.15) is 62.7 Å². The van der Waals surface area contributed by atoms with Crippen LogP contribution in [-0.4, -0.2) is 54.6 Å². The topological polar surface area (TPSA) is 111 Å². The van der Waals surface area contributed by atoms with Crippen LogP contribution in [0.2, 0.25) is 0 Å². The molecule has 2 amide bonds. The molecule has 2 fully saturated rings. The molecule has 1 aliphatic heterocycles. The van der Waals surface area contributed by atoms with Crippen molar-refractivity contribution < 1.29 is 19.1 Å². The number of carbonyl (C=O) groups excluding carboxylic acids is 2. The van der Waals surface area contributed by atoms with Crippen LogP contribution in [0.15, 0.2) is 83.5 Å². The highest BCUT2D eigenvalue weighted by atomic mass is 16.3. The lowest BCUT2D eigenvalue weighted by atomic mass is 10.1. The summed E-state index contributed by atoms with van der Waals surface area (Å²) in [5.74, 6) is 0.166. The van der Waals surface area contributed by atoms with Crippen LogP contribution in [0.25, 0.3) is 0 Å². The third-order valence-electron chi connectivity index (χ3n) is 7.90. The Morgan fingerprint density at radius 3 is 2.33 bits per heavy atom. The smallest absolute Gasteiger partial charge is 0.277 e. The Labute approximate surface area is 245 Å². The molecular weight excluding hydrogens is 530 g/mol. The fourth-order valence-corrected chi connectivity index (χ4v) is 5.34. The van der Waals surface area contributed by atoms with Crippen molar-refractivity contribution in [2.75, 3.05) is 47.8 Å². The second-order valence-electron chi connectivity index (χ2n) is 10.9. The van der Waals surface area contributed by atoms with Gasteiger partial charge >= 0.3 is 0 Å². The van der Waals surface area contributed by atoms with E-state index in [1.165, 1.54) is 17.5 Å². The molecule has 1 atom stereocenters. The molecule has 3 aromatic carbocycles. The molecule has 1 aromatic heterocycles. The van der Waals surface area contributed by atoms with Crippen LogP contribution in [0.4, 0.5) is 17.1 Å². The van der Waals surface area contributed by atoms with Gasteiger partial charge < -0.3 is 30.0 Å². The van der Waals surface area contributed by atoms with Crippen LogP contribution >= 0.6 is 0 Å². The molecule has 1 saturated carbocycles. The summed E-state index contributed by atoms with van der Waals surface area (Å²) >= 11 is 0. The molecule has 0 spiro atoms. The van der Waals surface area contributed by atoms with E-state index in [1.54, 1.807) is 12.1 Å². The monoisotopic (exact) mass is 565 g/mol. The highest BCUT2D eigenvalue weighted by Crippen LogP contribution is 2.39. The van der Waals surface area contributed by atoms with Gasteiger partial charge in [0.1, 0.15) is 6.26 Å². The number of anilines is 3. The summed E-state index contributed by atoms with van der Waals surface area (Å²) in [7, 11) is 0. The number of nitrogens with one attached hydrogen (secondary N) is 2. The van der Waals surface area contributed by atoms with Crippen LogP contribution in [0, 0.1) is 6.92 Å². The number of aromatic nitrogens is 1. The summed E-state index contributed by atoms with van der Waals surface area (Å²) in [4.78, 5) is 35.3. The average Bonchev–Trinajstić information content (AvgIpc) is 3.76. The molecule has 2 aliphatic rings. The maximum atomic E-state index is 13.2. The molecule has 1 aliphatic carbocycles. The molecule has 0 unspecified atom stereocenters. The molecule has 9 heteroatoms. The van der Waals surface area contributed by atoms with E-state index in [9.17, 15) is 14.7 Å². The number of nitrogens with zero attached hydrogens (tertiary/aromatic N) is 3. The highest BCUT2D eigenvalue weighted by molar-refractivity contribution is 6.06. The van der Waals surface area contributed by atoms with Crippen molar-refractivity contribution in [1.29, 1.82) is 0 Å². The molecule has 0 radical (unpaired) electrons. The van der Waals surface area contributed by atoms with Crippen molar-refractivity contribution in [2.24, 2.45) is 0 Å². The normalized spacial score (nSPS) is 15.8. The van der Waals surface area contributed by atoms with E-state index in [0.717, 1.165) is 50.3 Å². The number of hydrogen-bond acceptors (Lipinski definition) is 7. The molecule has 6 rings (SSSR count). The fraction of sp³-hybridized carbons (Fsp3) is 0.303. The quantitative estimate of drug-likeness (QED) is 0.265. The number of oxazole rings is 1. The van der Waals surface area contributed by atoms with Crippen LogP contribution < -0.4 is 20.4 Å². The van der Waals surface area contributed by atoms with E-state index in [0.29, 0.717) is 23.1 Å². The van der Waals surface area contributed by atoms with Crippen molar-refractivity contribution in [3.8, 4) is 0 Å². The third kappa shape index (κ3) is 6.16. The summed E-state index contributed by atoms with van der Waals surface area (Å²) in [6, 6.07) is 22.9. The van der Waals surface area contributed by atoms with E-state index >= 15 is 0 Å². The zero-order valence-electron chi connectivity index (χ0n) is 23.6. The lowest BCUT2D eigenvalue weighted by molar-refractivity contribution is 0.0915. The van der Waals surface area contributed by atoms with Crippen molar-refractivity contribution in [1.82, 2.24) is 10.3 Å². The zero-order chi connectivity index (χ0) is 29.1. The van der Waals surface area contributed by atoms with Gasteiger partial charge in [-0.3, -0.25) is 9.59 Å². The Balaban J connectivity index is 1.20. The number of para-hydroxylation sites is 1. The highest BCUT2D eigenvalue weighted by Gasteiger charge is 2.30. The Morgan fingerprint density at radius 1 is 0.929 bits per heavy atom. The number of aryl methyl sites for hydroxylation is 1. The third-order valence-corrected chi connectivity index (χ3v) is 7.90. The van der Waals surface area contributed by atoms with E-state index in [1.807, 2.05) is 42.5 Å². The van der Waals surface area contributed by atoms with Crippen LogP contribution in [0.5, 0.6) is 0 Å². The molecule has 9 nitrogen and oxygen atoms in total.